The maximum absolute atomic E-state index is 13.6. The highest BCUT2D eigenvalue weighted by Gasteiger charge is 2.16. The van der Waals surface area contributed by atoms with Crippen LogP contribution in [-0.2, 0) is 10.5 Å². The maximum atomic E-state index is 13.6. The van der Waals surface area contributed by atoms with Crippen molar-refractivity contribution in [2.45, 2.75) is 25.0 Å². The second kappa shape index (κ2) is 9.50. The van der Waals surface area contributed by atoms with Gasteiger partial charge < -0.3 is 10.2 Å². The molecule has 1 aliphatic rings. The molecule has 3 nitrogen and oxygen atoms in total. The first-order valence-corrected chi connectivity index (χ1v) is 9.55. The van der Waals surface area contributed by atoms with Crippen LogP contribution in [0, 0.1) is 11.7 Å². The van der Waals surface area contributed by atoms with Crippen molar-refractivity contribution in [1.82, 2.24) is 10.2 Å². The van der Waals surface area contributed by atoms with Gasteiger partial charge in [0.25, 0.3) is 0 Å². The summed E-state index contributed by atoms with van der Waals surface area (Å²) < 4.78 is 13.6. The smallest absolute Gasteiger partial charge is 0.230 e. The number of carbonyl (C=O) groups is 1. The summed E-state index contributed by atoms with van der Waals surface area (Å²) in [5.74, 6) is 1.16. The molecule has 1 amide bonds. The lowest BCUT2D eigenvalue weighted by atomic mass is 9.94. The summed E-state index contributed by atoms with van der Waals surface area (Å²) in [6.45, 7) is 3.03. The fourth-order valence-corrected chi connectivity index (χ4v) is 3.93. The lowest BCUT2D eigenvalue weighted by molar-refractivity contribution is -0.118. The van der Waals surface area contributed by atoms with E-state index in [1.807, 2.05) is 0 Å². The van der Waals surface area contributed by atoms with Crippen molar-refractivity contribution in [1.29, 1.82) is 0 Å². The fraction of sp³-hybridized carbons (Fsp3) is 0.588. The van der Waals surface area contributed by atoms with Crippen LogP contribution < -0.4 is 5.32 Å². The summed E-state index contributed by atoms with van der Waals surface area (Å²) >= 11 is 7.35. The van der Waals surface area contributed by atoms with Crippen LogP contribution in [0.15, 0.2) is 18.2 Å². The predicted molar refractivity (Wildman–Crippen MR) is 95.4 cm³/mol. The van der Waals surface area contributed by atoms with Gasteiger partial charge in [0.05, 0.1) is 5.75 Å². The molecular formula is C17H24ClFN2OS. The van der Waals surface area contributed by atoms with Gasteiger partial charge in [-0.2, -0.15) is 0 Å². The number of benzene rings is 1. The van der Waals surface area contributed by atoms with Crippen LogP contribution in [-0.4, -0.2) is 43.2 Å². The molecule has 0 radical (unpaired) electrons. The van der Waals surface area contributed by atoms with Gasteiger partial charge in [0.15, 0.2) is 0 Å². The molecular weight excluding hydrogens is 335 g/mol. The zero-order valence-electron chi connectivity index (χ0n) is 13.5. The first-order valence-electron chi connectivity index (χ1n) is 8.02. The van der Waals surface area contributed by atoms with E-state index in [1.54, 1.807) is 12.1 Å². The predicted octanol–water partition coefficient (Wildman–Crippen LogP) is 3.56. The molecule has 1 aromatic carbocycles. The monoisotopic (exact) mass is 358 g/mol. The molecule has 6 heteroatoms. The Labute approximate surface area is 147 Å². The number of hydrogen-bond donors (Lipinski definition) is 1. The van der Waals surface area contributed by atoms with Gasteiger partial charge in [-0.05, 0) is 57.5 Å². The van der Waals surface area contributed by atoms with Crippen molar-refractivity contribution < 1.29 is 9.18 Å². The molecule has 0 atom stereocenters. The van der Waals surface area contributed by atoms with Crippen LogP contribution in [0.4, 0.5) is 4.39 Å². The minimum absolute atomic E-state index is 0.00962. The first kappa shape index (κ1) is 18.6. The van der Waals surface area contributed by atoms with Crippen molar-refractivity contribution in [3.05, 3.63) is 34.6 Å². The van der Waals surface area contributed by atoms with E-state index < -0.39 is 0 Å². The van der Waals surface area contributed by atoms with Crippen molar-refractivity contribution >= 4 is 29.3 Å². The van der Waals surface area contributed by atoms with Gasteiger partial charge in [0, 0.05) is 22.9 Å². The van der Waals surface area contributed by atoms with Gasteiger partial charge in [0.2, 0.25) is 5.91 Å². The molecule has 0 spiro atoms. The summed E-state index contributed by atoms with van der Waals surface area (Å²) in [6.07, 6.45) is 3.48. The van der Waals surface area contributed by atoms with E-state index >= 15 is 0 Å². The lowest BCUT2D eigenvalue weighted by Gasteiger charge is -2.28. The Balaban J connectivity index is 1.60. The van der Waals surface area contributed by atoms with Gasteiger partial charge in [-0.3, -0.25) is 4.79 Å². The lowest BCUT2D eigenvalue weighted by Crippen LogP contribution is -2.33. The topological polar surface area (TPSA) is 32.3 Å². The van der Waals surface area contributed by atoms with E-state index in [1.165, 1.54) is 30.7 Å². The molecule has 23 heavy (non-hydrogen) atoms. The number of halogens is 2. The summed E-state index contributed by atoms with van der Waals surface area (Å²) in [7, 11) is 2.15. The van der Waals surface area contributed by atoms with Gasteiger partial charge in [0.1, 0.15) is 5.82 Å². The number of piperidine rings is 1. The average molecular weight is 359 g/mol. The van der Waals surface area contributed by atoms with E-state index in [2.05, 4.69) is 17.3 Å². The van der Waals surface area contributed by atoms with Crippen LogP contribution in [0.5, 0.6) is 0 Å². The maximum Gasteiger partial charge on any atom is 0.230 e. The molecule has 128 valence electrons. The van der Waals surface area contributed by atoms with E-state index in [-0.39, 0.29) is 11.7 Å². The zero-order valence-corrected chi connectivity index (χ0v) is 15.1. The SMILES string of the molecule is CN1CCC(CCNC(=O)CSCc2c(F)cccc2Cl)CC1. The molecule has 0 unspecified atom stereocenters. The number of rotatable bonds is 7. The summed E-state index contributed by atoms with van der Waals surface area (Å²) in [5, 5.41) is 3.37. The zero-order chi connectivity index (χ0) is 16.7. The number of likely N-dealkylation sites (tertiary alicyclic amines) is 1. The Kier molecular flexibility index (Phi) is 7.66. The normalized spacial score (nSPS) is 16.5. The highest BCUT2D eigenvalue weighted by atomic mass is 35.5. The molecule has 1 N–H and O–H groups in total. The summed E-state index contributed by atoms with van der Waals surface area (Å²) in [5.41, 5.74) is 0.471. The minimum atomic E-state index is -0.312. The minimum Gasteiger partial charge on any atom is -0.355 e. The number of nitrogens with one attached hydrogen (secondary N) is 1. The molecule has 0 aromatic heterocycles. The van der Waals surface area contributed by atoms with Crippen LogP contribution >= 0.6 is 23.4 Å². The Bertz CT molecular complexity index is 501. The number of thioether (sulfide) groups is 1. The van der Waals surface area contributed by atoms with E-state index in [9.17, 15) is 9.18 Å². The second-order valence-corrected chi connectivity index (χ2v) is 7.47. The standard InChI is InChI=1S/C17H24ClFN2OS/c1-21-9-6-13(7-10-21)5-8-20-17(22)12-23-11-14-15(18)3-2-4-16(14)19/h2-4,13H,5-12H2,1H3,(H,20,22). The Hall–Kier alpha value is -0.780. The Morgan fingerprint density at radius 3 is 2.87 bits per heavy atom. The van der Waals surface area contributed by atoms with Crippen molar-refractivity contribution in [3.63, 3.8) is 0 Å². The third kappa shape index (κ3) is 6.32. The van der Waals surface area contributed by atoms with Crippen LogP contribution in [0.3, 0.4) is 0 Å². The fourth-order valence-electron chi connectivity index (χ4n) is 2.73. The quantitative estimate of drug-likeness (QED) is 0.808. The van der Waals surface area contributed by atoms with E-state index in [4.69, 9.17) is 11.6 Å². The Morgan fingerprint density at radius 2 is 2.17 bits per heavy atom. The van der Waals surface area contributed by atoms with Crippen molar-refractivity contribution in [3.8, 4) is 0 Å². The number of amides is 1. The molecule has 1 heterocycles. The van der Waals surface area contributed by atoms with Crippen LogP contribution in [0.1, 0.15) is 24.8 Å². The number of nitrogens with zero attached hydrogens (tertiary/aromatic N) is 1. The highest BCUT2D eigenvalue weighted by molar-refractivity contribution is 7.99. The molecule has 0 aliphatic carbocycles. The van der Waals surface area contributed by atoms with Gasteiger partial charge >= 0.3 is 0 Å². The largest absolute Gasteiger partial charge is 0.355 e. The van der Waals surface area contributed by atoms with Crippen molar-refractivity contribution in [2.75, 3.05) is 32.4 Å². The molecule has 1 aromatic rings. The van der Waals surface area contributed by atoms with Gasteiger partial charge in [-0.1, -0.05) is 17.7 Å². The molecule has 1 saturated heterocycles. The van der Waals surface area contributed by atoms with E-state index in [0.717, 1.165) is 32.0 Å². The van der Waals surface area contributed by atoms with Crippen LogP contribution in [0.2, 0.25) is 5.02 Å². The molecule has 2 rings (SSSR count). The van der Waals surface area contributed by atoms with Gasteiger partial charge in [-0.25, -0.2) is 4.39 Å². The van der Waals surface area contributed by atoms with Crippen LogP contribution in [0.25, 0.3) is 0 Å². The first-order chi connectivity index (χ1) is 11.1. The summed E-state index contributed by atoms with van der Waals surface area (Å²) in [4.78, 5) is 14.2. The molecule has 0 saturated carbocycles. The summed E-state index contributed by atoms with van der Waals surface area (Å²) in [6, 6.07) is 4.65. The van der Waals surface area contributed by atoms with Gasteiger partial charge in [-0.15, -0.1) is 11.8 Å². The molecule has 1 aliphatic heterocycles. The van der Waals surface area contributed by atoms with E-state index in [0.29, 0.717) is 22.1 Å². The third-order valence-corrected chi connectivity index (χ3v) is 5.57. The second-order valence-electron chi connectivity index (χ2n) is 6.08. The average Bonchev–Trinajstić information content (AvgIpc) is 2.52. The number of carbonyl (C=O) groups excluding carboxylic acids is 1. The molecule has 1 fully saturated rings. The van der Waals surface area contributed by atoms with Crippen molar-refractivity contribution in [2.24, 2.45) is 5.92 Å². The number of hydrogen-bond acceptors (Lipinski definition) is 3. The Morgan fingerprint density at radius 1 is 1.43 bits per heavy atom. The highest BCUT2D eigenvalue weighted by Crippen LogP contribution is 2.23. The third-order valence-electron chi connectivity index (χ3n) is 4.25. The molecule has 0 bridgehead atoms.